The lowest BCUT2D eigenvalue weighted by Crippen LogP contribution is -2.25. The third-order valence-corrected chi connectivity index (χ3v) is 5.57. The van der Waals surface area contributed by atoms with Crippen molar-refractivity contribution in [1.29, 1.82) is 0 Å². The molecule has 0 aromatic carbocycles. The van der Waals surface area contributed by atoms with Gasteiger partial charge in [0.25, 0.3) is 0 Å². The number of fused-ring (bicyclic) bond motifs is 1. The van der Waals surface area contributed by atoms with Crippen molar-refractivity contribution in [2.24, 2.45) is 0 Å². The molecule has 3 aromatic rings. The zero-order valence-electron chi connectivity index (χ0n) is 18.0. The minimum atomic E-state index is 0.290. The number of hydrogen-bond acceptors (Lipinski definition) is 7. The van der Waals surface area contributed by atoms with Gasteiger partial charge in [-0.05, 0) is 37.3 Å². The van der Waals surface area contributed by atoms with Gasteiger partial charge in [-0.3, -0.25) is 0 Å². The van der Waals surface area contributed by atoms with Gasteiger partial charge in [0.15, 0.2) is 11.5 Å². The van der Waals surface area contributed by atoms with Crippen LogP contribution in [-0.2, 0) is 6.42 Å². The average molecular weight is 410 g/mol. The van der Waals surface area contributed by atoms with Crippen LogP contribution in [0.25, 0.3) is 5.65 Å². The number of unbranched alkanes of at least 4 members (excludes halogenated alkanes) is 1. The summed E-state index contributed by atoms with van der Waals surface area (Å²) in [6, 6.07) is 2.51. The Morgan fingerprint density at radius 1 is 1.10 bits per heavy atom. The molecule has 0 atom stereocenters. The van der Waals surface area contributed by atoms with E-state index in [0.29, 0.717) is 30.5 Å². The summed E-state index contributed by atoms with van der Waals surface area (Å²) >= 11 is 0. The molecular formula is C22H31N7O. The van der Waals surface area contributed by atoms with E-state index in [1.807, 2.05) is 6.20 Å². The summed E-state index contributed by atoms with van der Waals surface area (Å²) in [4.78, 5) is 15.9. The summed E-state index contributed by atoms with van der Waals surface area (Å²) in [5.74, 6) is 1.44. The summed E-state index contributed by atoms with van der Waals surface area (Å²) in [7, 11) is 0. The van der Waals surface area contributed by atoms with Crippen LogP contribution in [0.5, 0.6) is 6.01 Å². The lowest BCUT2D eigenvalue weighted by molar-refractivity contribution is 0.280. The summed E-state index contributed by atoms with van der Waals surface area (Å²) in [6.45, 7) is 7.02. The van der Waals surface area contributed by atoms with Crippen LogP contribution in [0.3, 0.4) is 0 Å². The van der Waals surface area contributed by atoms with E-state index < -0.39 is 0 Å². The van der Waals surface area contributed by atoms with Gasteiger partial charge >= 0.3 is 6.01 Å². The van der Waals surface area contributed by atoms with Crippen molar-refractivity contribution in [1.82, 2.24) is 24.6 Å². The first kappa shape index (κ1) is 20.4. The van der Waals surface area contributed by atoms with Gasteiger partial charge in [0.1, 0.15) is 5.82 Å². The second-order valence-corrected chi connectivity index (χ2v) is 8.03. The normalized spacial score (nSPS) is 14.8. The number of aryl methyl sites for hydroxylation is 1. The molecule has 2 N–H and O–H groups in total. The maximum Gasteiger partial charge on any atom is 0.336 e. The maximum absolute atomic E-state index is 6.07. The van der Waals surface area contributed by atoms with E-state index in [1.54, 1.807) is 10.7 Å². The quantitative estimate of drug-likeness (QED) is 0.596. The van der Waals surface area contributed by atoms with Gasteiger partial charge in [-0.1, -0.05) is 32.3 Å². The van der Waals surface area contributed by atoms with Crippen molar-refractivity contribution < 1.29 is 4.74 Å². The number of hydrogen-bond donors (Lipinski definition) is 1. The van der Waals surface area contributed by atoms with E-state index in [9.17, 15) is 0 Å². The van der Waals surface area contributed by atoms with E-state index in [2.05, 4.69) is 39.9 Å². The van der Waals surface area contributed by atoms with Gasteiger partial charge in [0, 0.05) is 25.7 Å². The average Bonchev–Trinajstić information content (AvgIpc) is 2.95. The first-order valence-electron chi connectivity index (χ1n) is 11.0. The maximum atomic E-state index is 6.07. The Morgan fingerprint density at radius 3 is 2.63 bits per heavy atom. The molecule has 8 heteroatoms. The molecule has 8 nitrogen and oxygen atoms in total. The molecule has 0 radical (unpaired) electrons. The molecule has 3 aromatic heterocycles. The number of nitrogens with two attached hydrogens (primary N) is 1. The largest absolute Gasteiger partial charge is 0.462 e. The van der Waals surface area contributed by atoms with E-state index in [1.165, 1.54) is 31.2 Å². The van der Waals surface area contributed by atoms with Gasteiger partial charge in [0.05, 0.1) is 18.5 Å². The zero-order valence-corrected chi connectivity index (χ0v) is 18.0. The number of ether oxygens (including phenoxy) is 1. The molecule has 1 saturated heterocycles. The van der Waals surface area contributed by atoms with Crippen molar-refractivity contribution in [2.45, 2.75) is 58.8 Å². The highest BCUT2D eigenvalue weighted by Gasteiger charge is 2.16. The van der Waals surface area contributed by atoms with Gasteiger partial charge in [-0.25, -0.2) is 14.5 Å². The third kappa shape index (κ3) is 4.47. The predicted molar refractivity (Wildman–Crippen MR) is 118 cm³/mol. The number of nitrogens with zero attached hydrogens (tertiary/aromatic N) is 6. The van der Waals surface area contributed by atoms with Gasteiger partial charge in [-0.15, -0.1) is 5.10 Å². The fourth-order valence-electron chi connectivity index (χ4n) is 3.96. The highest BCUT2D eigenvalue weighted by molar-refractivity contribution is 5.60. The lowest BCUT2D eigenvalue weighted by atomic mass is 10.1. The van der Waals surface area contributed by atoms with Crippen LogP contribution in [0.2, 0.25) is 0 Å². The SMILES string of the molecule is CCCCOc1nc(N)c2ncc(Cc3cnc(N4CCCCCC4)c(C)c3)n2n1. The fraction of sp³-hybridized carbons (Fsp3) is 0.545. The molecule has 30 heavy (non-hydrogen) atoms. The molecule has 0 amide bonds. The summed E-state index contributed by atoms with van der Waals surface area (Å²) in [5.41, 5.74) is 9.90. The topological polar surface area (TPSA) is 94.5 Å². The highest BCUT2D eigenvalue weighted by atomic mass is 16.5. The Morgan fingerprint density at radius 2 is 1.90 bits per heavy atom. The van der Waals surface area contributed by atoms with Crippen molar-refractivity contribution in [3.8, 4) is 6.01 Å². The van der Waals surface area contributed by atoms with Crippen LogP contribution in [0.1, 0.15) is 62.3 Å². The lowest BCUT2D eigenvalue weighted by Gasteiger charge is -2.23. The Kier molecular flexibility index (Phi) is 6.30. The van der Waals surface area contributed by atoms with E-state index in [4.69, 9.17) is 15.5 Å². The molecule has 4 rings (SSSR count). The van der Waals surface area contributed by atoms with Crippen molar-refractivity contribution in [2.75, 3.05) is 30.3 Å². The standard InChI is InChI=1S/C22H31N7O/c1-3-4-11-30-22-26-19(23)21-25-15-18(29(21)27-22)13-17-12-16(2)20(24-14-17)28-9-7-5-6-8-10-28/h12,14-15H,3-11,13H2,1-2H3,(H2,23,26,27). The molecule has 0 aliphatic carbocycles. The molecule has 160 valence electrons. The number of rotatable bonds is 7. The Bertz CT molecular complexity index is 993. The molecular weight excluding hydrogens is 378 g/mol. The number of anilines is 2. The van der Waals surface area contributed by atoms with Gasteiger partial charge in [-0.2, -0.15) is 4.98 Å². The monoisotopic (exact) mass is 409 g/mol. The molecule has 4 heterocycles. The first-order chi connectivity index (χ1) is 14.7. The molecule has 0 saturated carbocycles. The van der Waals surface area contributed by atoms with Gasteiger partial charge < -0.3 is 15.4 Å². The molecule has 1 aliphatic heterocycles. The predicted octanol–water partition coefficient (Wildman–Crippen LogP) is 3.56. The fourth-order valence-corrected chi connectivity index (χ4v) is 3.96. The molecule has 0 spiro atoms. The molecule has 1 aliphatic rings. The van der Waals surface area contributed by atoms with Crippen LogP contribution < -0.4 is 15.4 Å². The molecule has 1 fully saturated rings. The summed E-state index contributed by atoms with van der Waals surface area (Å²) in [6.07, 6.45) is 11.6. The molecule has 0 bridgehead atoms. The van der Waals surface area contributed by atoms with Crippen molar-refractivity contribution in [3.63, 3.8) is 0 Å². The molecule has 0 unspecified atom stereocenters. The van der Waals surface area contributed by atoms with Crippen LogP contribution in [0, 0.1) is 6.92 Å². The minimum absolute atomic E-state index is 0.290. The highest BCUT2D eigenvalue weighted by Crippen LogP contribution is 2.23. The smallest absolute Gasteiger partial charge is 0.336 e. The summed E-state index contributed by atoms with van der Waals surface area (Å²) < 4.78 is 7.39. The van der Waals surface area contributed by atoms with Crippen LogP contribution in [0.4, 0.5) is 11.6 Å². The number of imidazole rings is 1. The van der Waals surface area contributed by atoms with Crippen LogP contribution >= 0.6 is 0 Å². The number of pyridine rings is 1. The van der Waals surface area contributed by atoms with Gasteiger partial charge in [0.2, 0.25) is 0 Å². The van der Waals surface area contributed by atoms with E-state index in [-0.39, 0.29) is 0 Å². The summed E-state index contributed by atoms with van der Waals surface area (Å²) in [5, 5.41) is 4.50. The number of nitrogen functional groups attached to an aromatic ring is 1. The minimum Gasteiger partial charge on any atom is -0.462 e. The third-order valence-electron chi connectivity index (χ3n) is 5.57. The van der Waals surface area contributed by atoms with Crippen molar-refractivity contribution >= 4 is 17.3 Å². The Hall–Kier alpha value is -2.90. The Labute approximate surface area is 177 Å². The van der Waals surface area contributed by atoms with E-state index in [0.717, 1.165) is 43.0 Å². The Balaban J connectivity index is 1.55. The second kappa shape index (κ2) is 9.28. The second-order valence-electron chi connectivity index (χ2n) is 8.03. The number of aromatic nitrogens is 5. The van der Waals surface area contributed by atoms with E-state index >= 15 is 0 Å². The zero-order chi connectivity index (χ0) is 20.9. The first-order valence-corrected chi connectivity index (χ1v) is 11.0. The van der Waals surface area contributed by atoms with Crippen LogP contribution in [-0.4, -0.2) is 44.3 Å². The van der Waals surface area contributed by atoms with Crippen molar-refractivity contribution in [3.05, 3.63) is 35.3 Å². The van der Waals surface area contributed by atoms with Crippen LogP contribution in [0.15, 0.2) is 18.5 Å².